The highest BCUT2D eigenvalue weighted by Crippen LogP contribution is 2.50. The zero-order valence-electron chi connectivity index (χ0n) is 26.6. The Morgan fingerprint density at radius 3 is 1.27 bits per heavy atom. The van der Waals surface area contributed by atoms with Gasteiger partial charge in [-0.15, -0.1) is 0 Å². The molecule has 2 saturated carbocycles. The summed E-state index contributed by atoms with van der Waals surface area (Å²) in [6.45, 7) is -0.457. The number of hydrogen-bond acceptors (Lipinski definition) is 8. The van der Waals surface area contributed by atoms with Crippen molar-refractivity contribution in [1.29, 1.82) is 0 Å². The number of nitrogens with zero attached hydrogens (tertiary/aromatic N) is 4. The van der Waals surface area contributed by atoms with Crippen LogP contribution in [-0.4, -0.2) is 76.3 Å². The van der Waals surface area contributed by atoms with Gasteiger partial charge in [-0.3, -0.25) is 19.2 Å². The second kappa shape index (κ2) is 12.5. The highest BCUT2D eigenvalue weighted by molar-refractivity contribution is 7.89. The number of halogens is 2. The van der Waals surface area contributed by atoms with E-state index in [9.17, 15) is 36.0 Å². The SMILES string of the molecule is CN(CCN(C)S(=O)(=O)c1ccc(N2C(=O)CC3(CCCC3)C2=O)c(Cl)c1)S(=O)(=O)c1ccc(N2C(=O)CC3(CCCC3)C2=O)c(Cl)c1. The van der Waals surface area contributed by atoms with Gasteiger partial charge in [0.25, 0.3) is 0 Å². The van der Waals surface area contributed by atoms with E-state index < -0.39 is 30.9 Å². The molecule has 4 fully saturated rings. The molecule has 2 spiro atoms. The lowest BCUT2D eigenvalue weighted by Crippen LogP contribution is -2.37. The fourth-order valence-electron chi connectivity index (χ4n) is 7.50. The number of carbonyl (C=O) groups excluding carboxylic acids is 4. The number of sulfonamides is 2. The second-order valence-corrected chi connectivity index (χ2v) is 18.2. The molecular weight excluding hydrogens is 703 g/mol. The third kappa shape index (κ3) is 5.67. The summed E-state index contributed by atoms with van der Waals surface area (Å²) in [6, 6.07) is 7.57. The van der Waals surface area contributed by atoms with E-state index in [1.54, 1.807) is 0 Å². The van der Waals surface area contributed by atoms with Crippen molar-refractivity contribution in [3.05, 3.63) is 46.4 Å². The molecule has 48 heavy (non-hydrogen) atoms. The van der Waals surface area contributed by atoms with E-state index in [1.165, 1.54) is 50.5 Å². The zero-order chi connectivity index (χ0) is 34.8. The first kappa shape index (κ1) is 35.0. The van der Waals surface area contributed by atoms with E-state index in [-0.39, 0.29) is 80.8 Å². The lowest BCUT2D eigenvalue weighted by atomic mass is 9.84. The molecule has 6 rings (SSSR count). The van der Waals surface area contributed by atoms with Crippen molar-refractivity contribution in [3.8, 4) is 0 Å². The molecule has 0 bridgehead atoms. The number of anilines is 2. The first-order valence-corrected chi connectivity index (χ1v) is 19.4. The number of likely N-dealkylation sites (N-methyl/N-ethyl adjacent to an activating group) is 2. The van der Waals surface area contributed by atoms with E-state index in [4.69, 9.17) is 23.2 Å². The van der Waals surface area contributed by atoms with Crippen LogP contribution in [0.4, 0.5) is 11.4 Å². The number of hydrogen-bond donors (Lipinski definition) is 0. The van der Waals surface area contributed by atoms with Gasteiger partial charge >= 0.3 is 0 Å². The molecule has 0 N–H and O–H groups in total. The molecule has 0 unspecified atom stereocenters. The van der Waals surface area contributed by atoms with Gasteiger partial charge in [-0.25, -0.2) is 26.6 Å². The Kier molecular flexibility index (Phi) is 9.08. The molecular formula is C32H36Cl2N4O8S2. The molecule has 16 heteroatoms. The van der Waals surface area contributed by atoms with Gasteiger partial charge in [0.05, 0.1) is 42.0 Å². The van der Waals surface area contributed by atoms with Crippen LogP contribution in [0.2, 0.25) is 10.0 Å². The molecule has 258 valence electrons. The summed E-state index contributed by atoms with van der Waals surface area (Å²) in [4.78, 5) is 53.8. The molecule has 2 saturated heterocycles. The Balaban J connectivity index is 1.13. The monoisotopic (exact) mass is 738 g/mol. The van der Waals surface area contributed by atoms with Crippen LogP contribution in [0.15, 0.2) is 46.2 Å². The summed E-state index contributed by atoms with van der Waals surface area (Å²) in [7, 11) is -5.71. The third-order valence-electron chi connectivity index (χ3n) is 10.4. The van der Waals surface area contributed by atoms with Gasteiger partial charge in [0.15, 0.2) is 0 Å². The van der Waals surface area contributed by atoms with Crippen molar-refractivity contribution >= 4 is 78.3 Å². The number of imide groups is 2. The molecule has 0 radical (unpaired) electrons. The lowest BCUT2D eigenvalue weighted by molar-refractivity contribution is -0.126. The largest absolute Gasteiger partial charge is 0.274 e. The number of rotatable bonds is 9. The Morgan fingerprint density at radius 1 is 0.625 bits per heavy atom. The predicted molar refractivity (Wildman–Crippen MR) is 179 cm³/mol. The summed E-state index contributed by atoms with van der Waals surface area (Å²) in [5, 5.41) is -0.144. The average Bonchev–Trinajstić information content (AvgIpc) is 3.81. The summed E-state index contributed by atoms with van der Waals surface area (Å²) < 4.78 is 55.6. The van der Waals surface area contributed by atoms with Crippen LogP contribution >= 0.6 is 23.2 Å². The van der Waals surface area contributed by atoms with Gasteiger partial charge in [-0.1, -0.05) is 48.9 Å². The fraction of sp³-hybridized carbons (Fsp3) is 0.500. The molecule has 0 aromatic heterocycles. The van der Waals surface area contributed by atoms with Crippen molar-refractivity contribution in [2.75, 3.05) is 37.0 Å². The molecule has 4 amide bonds. The standard InChI is InChI=1S/C32H36Cl2N4O8S2/c1-35(47(43,44)21-7-9-25(23(33)17-21)37-27(39)19-31(29(37)41)11-3-4-12-31)15-16-36(2)48(45,46)22-8-10-26(24(34)18-22)38-28(40)20-32(30(38)42)13-5-6-14-32/h7-10,17-18H,3-6,11-16,19-20H2,1-2H3. The molecule has 2 aromatic carbocycles. The summed E-state index contributed by atoms with van der Waals surface area (Å²) in [5.74, 6) is -1.36. The second-order valence-electron chi connectivity index (χ2n) is 13.3. The van der Waals surface area contributed by atoms with E-state index in [2.05, 4.69) is 0 Å². The minimum absolute atomic E-state index is 0.0722. The van der Waals surface area contributed by atoms with Crippen LogP contribution in [0, 0.1) is 10.8 Å². The quantitative estimate of drug-likeness (QED) is 0.340. The van der Waals surface area contributed by atoms with E-state index in [0.717, 1.165) is 44.1 Å². The van der Waals surface area contributed by atoms with E-state index in [0.29, 0.717) is 25.7 Å². The van der Waals surface area contributed by atoms with Crippen molar-refractivity contribution in [2.24, 2.45) is 10.8 Å². The van der Waals surface area contributed by atoms with Gasteiger partial charge in [0, 0.05) is 40.0 Å². The highest BCUT2D eigenvalue weighted by atomic mass is 35.5. The molecule has 12 nitrogen and oxygen atoms in total. The zero-order valence-corrected chi connectivity index (χ0v) is 29.7. The van der Waals surface area contributed by atoms with Crippen LogP contribution in [-0.2, 0) is 39.2 Å². The molecule has 4 aliphatic rings. The Morgan fingerprint density at radius 2 is 0.958 bits per heavy atom. The summed E-state index contributed by atoms with van der Waals surface area (Å²) >= 11 is 12.9. The van der Waals surface area contributed by atoms with Gasteiger partial charge in [0.1, 0.15) is 0 Å². The average molecular weight is 740 g/mol. The minimum Gasteiger partial charge on any atom is -0.274 e. The topological polar surface area (TPSA) is 150 Å². The van der Waals surface area contributed by atoms with Gasteiger partial charge < -0.3 is 0 Å². The van der Waals surface area contributed by atoms with Crippen LogP contribution < -0.4 is 9.80 Å². The van der Waals surface area contributed by atoms with Gasteiger partial charge in [-0.05, 0) is 62.1 Å². The van der Waals surface area contributed by atoms with E-state index in [1.807, 2.05) is 0 Å². The van der Waals surface area contributed by atoms with Gasteiger partial charge in [-0.2, -0.15) is 8.61 Å². The smallest absolute Gasteiger partial charge is 0.242 e. The van der Waals surface area contributed by atoms with Crippen LogP contribution in [0.3, 0.4) is 0 Å². The van der Waals surface area contributed by atoms with Crippen LogP contribution in [0.5, 0.6) is 0 Å². The molecule has 0 atom stereocenters. The first-order valence-electron chi connectivity index (χ1n) is 15.8. The van der Waals surface area contributed by atoms with Crippen molar-refractivity contribution in [3.63, 3.8) is 0 Å². The van der Waals surface area contributed by atoms with Crippen molar-refractivity contribution < 1.29 is 36.0 Å². The minimum atomic E-state index is -4.15. The van der Waals surface area contributed by atoms with E-state index >= 15 is 0 Å². The first-order chi connectivity index (χ1) is 22.5. The maximum atomic E-state index is 13.4. The highest BCUT2D eigenvalue weighted by Gasteiger charge is 2.54. The maximum absolute atomic E-state index is 13.4. The molecule has 2 heterocycles. The van der Waals surface area contributed by atoms with Crippen molar-refractivity contribution in [1.82, 2.24) is 8.61 Å². The normalized spacial score (nSPS) is 21.0. The summed E-state index contributed by atoms with van der Waals surface area (Å²) in [5.41, 5.74) is -1.17. The molecule has 2 aliphatic carbocycles. The van der Waals surface area contributed by atoms with Crippen LogP contribution in [0.25, 0.3) is 0 Å². The number of carbonyl (C=O) groups is 4. The lowest BCUT2D eigenvalue weighted by Gasteiger charge is -2.24. The Labute approximate surface area is 290 Å². The Bertz CT molecular complexity index is 1800. The van der Waals surface area contributed by atoms with Gasteiger partial charge in [0.2, 0.25) is 43.7 Å². The molecule has 2 aliphatic heterocycles. The fourth-order valence-corrected chi connectivity index (χ4v) is 10.5. The number of benzene rings is 2. The predicted octanol–water partition coefficient (Wildman–Crippen LogP) is 4.58. The van der Waals surface area contributed by atoms with Crippen LogP contribution in [0.1, 0.15) is 64.2 Å². The summed E-state index contributed by atoms with van der Waals surface area (Å²) in [6.07, 6.45) is 6.20. The number of amides is 4. The van der Waals surface area contributed by atoms with Crippen molar-refractivity contribution in [2.45, 2.75) is 74.0 Å². The molecule has 2 aromatic rings. The Hall–Kier alpha value is -2.88. The maximum Gasteiger partial charge on any atom is 0.242 e. The third-order valence-corrected chi connectivity index (χ3v) is 14.7.